The molecule has 5 nitrogen and oxygen atoms in total. The molecule has 0 saturated carbocycles. The Kier molecular flexibility index (Phi) is 3.82. The number of hydrogen-bond donors (Lipinski definition) is 2. The molecular weight excluding hydrogens is 264 g/mol. The number of rotatable bonds is 4. The van der Waals surface area contributed by atoms with Gasteiger partial charge in [-0.3, -0.25) is 4.79 Å². The van der Waals surface area contributed by atoms with Gasteiger partial charge in [-0.1, -0.05) is 24.3 Å². The van der Waals surface area contributed by atoms with Crippen molar-refractivity contribution in [2.24, 2.45) is 0 Å². The van der Waals surface area contributed by atoms with Crippen molar-refractivity contribution < 1.29 is 8.42 Å². The van der Waals surface area contributed by atoms with Gasteiger partial charge < -0.3 is 4.98 Å². The van der Waals surface area contributed by atoms with Gasteiger partial charge in [-0.25, -0.2) is 13.1 Å². The SMILES string of the molecule is Cc1ccccc1CNS(=O)(=O)c1ccc(=O)[nH]c1. The average Bonchev–Trinajstić information content (AvgIpc) is 2.38. The van der Waals surface area contributed by atoms with Gasteiger partial charge in [0.05, 0.1) is 4.90 Å². The molecule has 0 bridgehead atoms. The first-order chi connectivity index (χ1) is 8.99. The predicted octanol–water partition coefficient (Wildman–Crippen LogP) is 1.16. The molecule has 0 atom stereocenters. The Morgan fingerprint density at radius 3 is 2.53 bits per heavy atom. The topological polar surface area (TPSA) is 79.0 Å². The van der Waals surface area contributed by atoms with E-state index >= 15 is 0 Å². The lowest BCUT2D eigenvalue weighted by atomic mass is 10.1. The molecule has 0 unspecified atom stereocenters. The van der Waals surface area contributed by atoms with Gasteiger partial charge in [0.25, 0.3) is 0 Å². The van der Waals surface area contributed by atoms with E-state index in [2.05, 4.69) is 9.71 Å². The van der Waals surface area contributed by atoms with Crippen LogP contribution in [0, 0.1) is 6.92 Å². The van der Waals surface area contributed by atoms with E-state index in [1.807, 2.05) is 31.2 Å². The number of benzene rings is 1. The van der Waals surface area contributed by atoms with E-state index < -0.39 is 10.0 Å². The molecule has 0 amide bonds. The van der Waals surface area contributed by atoms with Crippen molar-refractivity contribution in [1.82, 2.24) is 9.71 Å². The van der Waals surface area contributed by atoms with Crippen LogP contribution in [0.15, 0.2) is 52.3 Å². The highest BCUT2D eigenvalue weighted by Crippen LogP contribution is 2.09. The summed E-state index contributed by atoms with van der Waals surface area (Å²) in [5.74, 6) is 0. The lowest BCUT2D eigenvalue weighted by Gasteiger charge is -2.08. The smallest absolute Gasteiger partial charge is 0.247 e. The normalized spacial score (nSPS) is 11.4. The summed E-state index contributed by atoms with van der Waals surface area (Å²) < 4.78 is 26.5. The average molecular weight is 278 g/mol. The van der Waals surface area contributed by atoms with E-state index in [9.17, 15) is 13.2 Å². The summed E-state index contributed by atoms with van der Waals surface area (Å²) in [4.78, 5) is 13.3. The van der Waals surface area contributed by atoms with Gasteiger partial charge >= 0.3 is 0 Å². The van der Waals surface area contributed by atoms with Gasteiger partial charge in [-0.2, -0.15) is 0 Å². The van der Waals surface area contributed by atoms with E-state index in [4.69, 9.17) is 0 Å². The second-order valence-electron chi connectivity index (χ2n) is 4.14. The lowest BCUT2D eigenvalue weighted by molar-refractivity contribution is 0.580. The van der Waals surface area contributed by atoms with Crippen LogP contribution in [0.2, 0.25) is 0 Å². The number of nitrogens with one attached hydrogen (secondary N) is 2. The molecule has 6 heteroatoms. The summed E-state index contributed by atoms with van der Waals surface area (Å²) in [7, 11) is -3.61. The summed E-state index contributed by atoms with van der Waals surface area (Å²) in [5.41, 5.74) is 1.60. The monoisotopic (exact) mass is 278 g/mol. The Labute approximate surface area is 111 Å². The second-order valence-corrected chi connectivity index (χ2v) is 5.91. The molecule has 0 saturated heterocycles. The van der Waals surface area contributed by atoms with E-state index in [0.29, 0.717) is 0 Å². The van der Waals surface area contributed by atoms with Crippen molar-refractivity contribution in [3.8, 4) is 0 Å². The van der Waals surface area contributed by atoms with Gasteiger partial charge in [0.1, 0.15) is 0 Å². The molecule has 1 aromatic carbocycles. The number of hydrogen-bond acceptors (Lipinski definition) is 3. The maximum atomic E-state index is 12.0. The first-order valence-electron chi connectivity index (χ1n) is 5.72. The van der Waals surface area contributed by atoms with E-state index in [1.54, 1.807) is 0 Å². The third-order valence-corrected chi connectivity index (χ3v) is 4.18. The zero-order chi connectivity index (χ0) is 13.9. The Bertz CT molecular complexity index is 715. The highest BCUT2D eigenvalue weighted by molar-refractivity contribution is 7.89. The molecule has 0 fully saturated rings. The molecule has 2 N–H and O–H groups in total. The molecule has 0 radical (unpaired) electrons. The van der Waals surface area contributed by atoms with Crippen molar-refractivity contribution in [3.05, 3.63) is 64.1 Å². The molecule has 0 aliphatic rings. The standard InChI is InChI=1S/C13H14N2O3S/c1-10-4-2-3-5-11(10)8-15-19(17,18)12-6-7-13(16)14-9-12/h2-7,9,15H,8H2,1H3,(H,14,16). The third-order valence-electron chi connectivity index (χ3n) is 2.78. The first kappa shape index (κ1) is 13.5. The quantitative estimate of drug-likeness (QED) is 0.881. The number of aromatic nitrogens is 1. The van der Waals surface area contributed by atoms with Gasteiger partial charge in [-0.15, -0.1) is 0 Å². The van der Waals surface area contributed by atoms with Crippen molar-refractivity contribution >= 4 is 10.0 Å². The number of pyridine rings is 1. The molecule has 0 aliphatic carbocycles. The minimum Gasteiger partial charge on any atom is -0.328 e. The minimum atomic E-state index is -3.61. The molecule has 19 heavy (non-hydrogen) atoms. The molecule has 0 aliphatic heterocycles. The van der Waals surface area contributed by atoms with Crippen LogP contribution in [-0.4, -0.2) is 13.4 Å². The molecule has 2 rings (SSSR count). The van der Waals surface area contributed by atoms with Crippen LogP contribution in [0.5, 0.6) is 0 Å². The maximum Gasteiger partial charge on any atom is 0.247 e. The van der Waals surface area contributed by atoms with Crippen LogP contribution in [0.4, 0.5) is 0 Å². The molecule has 100 valence electrons. The molecule has 1 aromatic heterocycles. The molecule has 2 aromatic rings. The summed E-state index contributed by atoms with van der Waals surface area (Å²) in [6.45, 7) is 2.14. The van der Waals surface area contributed by atoms with Crippen molar-refractivity contribution in [2.75, 3.05) is 0 Å². The van der Waals surface area contributed by atoms with Crippen molar-refractivity contribution in [3.63, 3.8) is 0 Å². The second kappa shape index (κ2) is 5.38. The van der Waals surface area contributed by atoms with Crippen LogP contribution in [0.25, 0.3) is 0 Å². The predicted molar refractivity (Wildman–Crippen MR) is 72.3 cm³/mol. The third kappa shape index (κ3) is 3.30. The summed E-state index contributed by atoms with van der Waals surface area (Å²) in [6, 6.07) is 10.0. The van der Waals surface area contributed by atoms with Crippen LogP contribution in [0.3, 0.4) is 0 Å². The van der Waals surface area contributed by atoms with Crippen LogP contribution >= 0.6 is 0 Å². The highest BCUT2D eigenvalue weighted by Gasteiger charge is 2.13. The van der Waals surface area contributed by atoms with Crippen LogP contribution in [0.1, 0.15) is 11.1 Å². The van der Waals surface area contributed by atoms with Gasteiger partial charge in [0.15, 0.2) is 0 Å². The molecular formula is C13H14N2O3S. The molecule has 1 heterocycles. The fraction of sp³-hybridized carbons (Fsp3) is 0.154. The Morgan fingerprint density at radius 2 is 1.89 bits per heavy atom. The summed E-state index contributed by atoms with van der Waals surface area (Å²) in [5, 5.41) is 0. The summed E-state index contributed by atoms with van der Waals surface area (Å²) in [6.07, 6.45) is 1.18. The summed E-state index contributed by atoms with van der Waals surface area (Å²) >= 11 is 0. The zero-order valence-electron chi connectivity index (χ0n) is 10.4. The number of aromatic amines is 1. The molecule has 0 spiro atoms. The van der Waals surface area contributed by atoms with Crippen molar-refractivity contribution in [2.45, 2.75) is 18.4 Å². The Morgan fingerprint density at radius 1 is 1.16 bits per heavy atom. The van der Waals surface area contributed by atoms with E-state index in [-0.39, 0.29) is 17.0 Å². The first-order valence-corrected chi connectivity index (χ1v) is 7.20. The highest BCUT2D eigenvalue weighted by atomic mass is 32.2. The lowest BCUT2D eigenvalue weighted by Crippen LogP contribution is -2.24. The van der Waals surface area contributed by atoms with Crippen LogP contribution < -0.4 is 10.3 Å². The number of sulfonamides is 1. The van der Waals surface area contributed by atoms with E-state index in [0.717, 1.165) is 11.1 Å². The maximum absolute atomic E-state index is 12.0. The zero-order valence-corrected chi connectivity index (χ0v) is 11.2. The van der Waals surface area contributed by atoms with Crippen LogP contribution in [-0.2, 0) is 16.6 Å². The number of aryl methyl sites for hydroxylation is 1. The Balaban J connectivity index is 2.17. The largest absolute Gasteiger partial charge is 0.328 e. The number of H-pyrrole nitrogens is 1. The van der Waals surface area contributed by atoms with Gasteiger partial charge in [0.2, 0.25) is 15.6 Å². The van der Waals surface area contributed by atoms with Gasteiger partial charge in [0, 0.05) is 18.8 Å². The van der Waals surface area contributed by atoms with Crippen molar-refractivity contribution in [1.29, 1.82) is 0 Å². The fourth-order valence-electron chi connectivity index (χ4n) is 1.63. The Hall–Kier alpha value is -1.92. The fourth-order valence-corrected chi connectivity index (χ4v) is 2.60. The van der Waals surface area contributed by atoms with Gasteiger partial charge in [-0.05, 0) is 24.1 Å². The minimum absolute atomic E-state index is 0.0423. The van der Waals surface area contributed by atoms with E-state index in [1.165, 1.54) is 18.3 Å².